The molecule has 0 heterocycles. The SMILES string of the molecule is N#CCC(=O)Nc1ccc(C(=O)O)cc1NC(=O)OCC1c2ccccc2-c2ccccc21. The summed E-state index contributed by atoms with van der Waals surface area (Å²) in [6.45, 7) is 0.0780. The molecule has 1 aliphatic carbocycles. The Kier molecular flexibility index (Phi) is 6.04. The van der Waals surface area contributed by atoms with E-state index in [-0.39, 0.29) is 35.9 Å². The van der Waals surface area contributed by atoms with Gasteiger partial charge in [0.2, 0.25) is 5.91 Å². The lowest BCUT2D eigenvalue weighted by atomic mass is 9.98. The number of carboxylic acids is 1. The molecular formula is C25H19N3O5. The smallest absolute Gasteiger partial charge is 0.411 e. The number of amides is 2. The number of aromatic carboxylic acids is 1. The minimum atomic E-state index is -1.19. The summed E-state index contributed by atoms with van der Waals surface area (Å²) in [4.78, 5) is 35.7. The topological polar surface area (TPSA) is 129 Å². The van der Waals surface area contributed by atoms with Crippen LogP contribution in [-0.2, 0) is 9.53 Å². The number of rotatable bonds is 6. The lowest BCUT2D eigenvalue weighted by Crippen LogP contribution is -2.20. The summed E-state index contributed by atoms with van der Waals surface area (Å²) in [6, 6.07) is 21.4. The monoisotopic (exact) mass is 441 g/mol. The molecule has 0 unspecified atom stereocenters. The lowest BCUT2D eigenvalue weighted by Gasteiger charge is -2.16. The number of fused-ring (bicyclic) bond motifs is 3. The van der Waals surface area contributed by atoms with Crippen LogP contribution in [0.15, 0.2) is 66.7 Å². The molecule has 0 fully saturated rings. The molecule has 4 rings (SSSR count). The zero-order valence-electron chi connectivity index (χ0n) is 17.4. The summed E-state index contributed by atoms with van der Waals surface area (Å²) >= 11 is 0. The number of hydrogen-bond donors (Lipinski definition) is 3. The van der Waals surface area contributed by atoms with Crippen LogP contribution in [0.2, 0.25) is 0 Å². The molecule has 2 amide bonds. The van der Waals surface area contributed by atoms with Crippen LogP contribution in [0.25, 0.3) is 11.1 Å². The van der Waals surface area contributed by atoms with Gasteiger partial charge in [-0.2, -0.15) is 5.26 Å². The van der Waals surface area contributed by atoms with Gasteiger partial charge in [-0.1, -0.05) is 48.5 Å². The fraction of sp³-hybridized carbons (Fsp3) is 0.120. The maximum atomic E-state index is 12.6. The molecule has 3 N–H and O–H groups in total. The fourth-order valence-corrected chi connectivity index (χ4v) is 3.90. The zero-order valence-corrected chi connectivity index (χ0v) is 17.4. The number of hydrogen-bond acceptors (Lipinski definition) is 5. The lowest BCUT2D eigenvalue weighted by molar-refractivity contribution is -0.115. The van der Waals surface area contributed by atoms with Gasteiger partial charge in [-0.25, -0.2) is 9.59 Å². The van der Waals surface area contributed by atoms with Gasteiger partial charge in [-0.3, -0.25) is 10.1 Å². The molecule has 8 nitrogen and oxygen atoms in total. The van der Waals surface area contributed by atoms with Crippen molar-refractivity contribution in [1.29, 1.82) is 5.26 Å². The Balaban J connectivity index is 1.51. The normalized spacial score (nSPS) is 11.6. The summed E-state index contributed by atoms with van der Waals surface area (Å²) in [5.41, 5.74) is 4.44. The molecule has 0 radical (unpaired) electrons. The van der Waals surface area contributed by atoms with Gasteiger partial charge in [0, 0.05) is 5.92 Å². The first-order chi connectivity index (χ1) is 16.0. The first-order valence-electron chi connectivity index (χ1n) is 10.1. The van der Waals surface area contributed by atoms with Crippen molar-refractivity contribution in [2.45, 2.75) is 12.3 Å². The van der Waals surface area contributed by atoms with E-state index >= 15 is 0 Å². The Labute approximate surface area is 189 Å². The minimum Gasteiger partial charge on any atom is -0.478 e. The highest BCUT2D eigenvalue weighted by Gasteiger charge is 2.29. The predicted molar refractivity (Wildman–Crippen MR) is 121 cm³/mol. The highest BCUT2D eigenvalue weighted by Crippen LogP contribution is 2.44. The average molecular weight is 441 g/mol. The summed E-state index contributed by atoms with van der Waals surface area (Å²) in [6.07, 6.45) is -1.18. The molecule has 0 spiro atoms. The zero-order chi connectivity index (χ0) is 23.4. The third-order valence-corrected chi connectivity index (χ3v) is 5.36. The third-order valence-electron chi connectivity index (χ3n) is 5.36. The molecule has 8 heteroatoms. The van der Waals surface area contributed by atoms with Crippen LogP contribution < -0.4 is 10.6 Å². The Morgan fingerprint density at radius 2 is 1.55 bits per heavy atom. The van der Waals surface area contributed by atoms with Gasteiger partial charge in [0.1, 0.15) is 13.0 Å². The van der Waals surface area contributed by atoms with Crippen molar-refractivity contribution in [1.82, 2.24) is 0 Å². The molecule has 3 aromatic rings. The third kappa shape index (κ3) is 4.52. The summed E-state index contributed by atoms with van der Waals surface area (Å²) < 4.78 is 5.49. The second kappa shape index (κ2) is 9.24. The number of carbonyl (C=O) groups is 3. The maximum absolute atomic E-state index is 12.6. The molecule has 0 bridgehead atoms. The number of nitrogens with zero attached hydrogens (tertiary/aromatic N) is 1. The summed E-state index contributed by atoms with van der Waals surface area (Å²) in [7, 11) is 0. The second-order valence-corrected chi connectivity index (χ2v) is 7.40. The van der Waals surface area contributed by atoms with E-state index in [1.807, 2.05) is 48.5 Å². The Bertz CT molecular complexity index is 1250. The van der Waals surface area contributed by atoms with Gasteiger partial charge in [0.05, 0.1) is 23.0 Å². The molecule has 0 saturated carbocycles. The van der Waals surface area contributed by atoms with Gasteiger partial charge in [-0.15, -0.1) is 0 Å². The van der Waals surface area contributed by atoms with Crippen LogP contribution in [0.3, 0.4) is 0 Å². The quantitative estimate of drug-likeness (QED) is 0.513. The van der Waals surface area contributed by atoms with Gasteiger partial charge in [0.15, 0.2) is 0 Å². The molecule has 0 aliphatic heterocycles. The molecule has 1 aliphatic rings. The van der Waals surface area contributed by atoms with Crippen LogP contribution in [0, 0.1) is 11.3 Å². The summed E-state index contributed by atoms with van der Waals surface area (Å²) in [5.74, 6) is -1.92. The molecular weight excluding hydrogens is 422 g/mol. The molecule has 164 valence electrons. The van der Waals surface area contributed by atoms with Gasteiger partial charge in [-0.05, 0) is 40.5 Å². The highest BCUT2D eigenvalue weighted by atomic mass is 16.5. The fourth-order valence-electron chi connectivity index (χ4n) is 3.90. The Morgan fingerprint density at radius 1 is 0.909 bits per heavy atom. The molecule has 0 saturated heterocycles. The van der Waals surface area contributed by atoms with Crippen LogP contribution in [0.5, 0.6) is 0 Å². The van der Waals surface area contributed by atoms with Crippen molar-refractivity contribution in [3.05, 3.63) is 83.4 Å². The minimum absolute atomic E-state index is 0.0541. The number of benzene rings is 3. The number of nitriles is 1. The van der Waals surface area contributed by atoms with E-state index < -0.39 is 18.0 Å². The van der Waals surface area contributed by atoms with Gasteiger partial charge in [0.25, 0.3) is 0 Å². The van der Waals surface area contributed by atoms with E-state index in [4.69, 9.17) is 10.00 Å². The van der Waals surface area contributed by atoms with E-state index in [0.717, 1.165) is 22.3 Å². The largest absolute Gasteiger partial charge is 0.478 e. The van der Waals surface area contributed by atoms with E-state index in [1.165, 1.54) is 18.2 Å². The molecule has 33 heavy (non-hydrogen) atoms. The van der Waals surface area contributed by atoms with E-state index in [0.29, 0.717) is 0 Å². The highest BCUT2D eigenvalue weighted by molar-refractivity contribution is 6.00. The van der Waals surface area contributed by atoms with Crippen LogP contribution in [0.4, 0.5) is 16.2 Å². The van der Waals surface area contributed by atoms with Crippen molar-refractivity contribution < 1.29 is 24.2 Å². The van der Waals surface area contributed by atoms with Crippen molar-refractivity contribution in [3.63, 3.8) is 0 Å². The van der Waals surface area contributed by atoms with Crippen LogP contribution >= 0.6 is 0 Å². The number of carboxylic acid groups (broad SMARTS) is 1. The number of anilines is 2. The number of nitrogens with one attached hydrogen (secondary N) is 2. The van der Waals surface area contributed by atoms with Crippen molar-refractivity contribution >= 4 is 29.3 Å². The molecule has 0 atom stereocenters. The van der Waals surface area contributed by atoms with Crippen molar-refractivity contribution in [2.75, 3.05) is 17.2 Å². The predicted octanol–water partition coefficient (Wildman–Crippen LogP) is 4.60. The first kappa shape index (κ1) is 21.6. The maximum Gasteiger partial charge on any atom is 0.411 e. The number of ether oxygens (including phenoxy) is 1. The molecule has 3 aromatic carbocycles. The first-order valence-corrected chi connectivity index (χ1v) is 10.1. The van der Waals surface area contributed by atoms with E-state index in [1.54, 1.807) is 6.07 Å². The Hall–Kier alpha value is -4.64. The standard InChI is InChI=1S/C25H19N3O5/c26-12-11-23(29)27-21-10-9-15(24(30)31)13-22(21)28-25(32)33-14-20-18-7-3-1-5-16(18)17-6-2-4-8-19(17)20/h1-10,13,20H,11,14H2,(H,27,29)(H,28,32)(H,30,31). The van der Waals surface area contributed by atoms with E-state index in [9.17, 15) is 19.5 Å². The summed E-state index contributed by atoms with van der Waals surface area (Å²) in [5, 5.41) is 22.9. The second-order valence-electron chi connectivity index (χ2n) is 7.40. The van der Waals surface area contributed by atoms with E-state index in [2.05, 4.69) is 10.6 Å². The van der Waals surface area contributed by atoms with Crippen molar-refractivity contribution in [3.8, 4) is 17.2 Å². The average Bonchev–Trinajstić information content (AvgIpc) is 3.12. The Morgan fingerprint density at radius 3 is 2.15 bits per heavy atom. The van der Waals surface area contributed by atoms with Gasteiger partial charge >= 0.3 is 12.1 Å². The van der Waals surface area contributed by atoms with Gasteiger partial charge < -0.3 is 15.2 Å². The number of carbonyl (C=O) groups excluding carboxylic acids is 2. The van der Waals surface area contributed by atoms with Crippen LogP contribution in [-0.4, -0.2) is 29.7 Å². The molecule has 0 aromatic heterocycles. The van der Waals surface area contributed by atoms with Crippen LogP contribution in [0.1, 0.15) is 33.8 Å². The van der Waals surface area contributed by atoms with Crippen molar-refractivity contribution in [2.24, 2.45) is 0 Å².